The fraction of sp³-hybridized carbons (Fsp3) is 0.0645. The quantitative estimate of drug-likeness (QED) is 0.0663. The number of aryl methyl sites for hydroxylation is 2. The van der Waals surface area contributed by atoms with Crippen LogP contribution in [0.25, 0.3) is 6.08 Å². The van der Waals surface area contributed by atoms with Crippen LogP contribution in [0.2, 0.25) is 0 Å². The third kappa shape index (κ3) is 7.47. The molecule has 0 aromatic heterocycles. The number of benzene rings is 4. The molecule has 1 aliphatic rings. The lowest BCUT2D eigenvalue weighted by molar-refractivity contribution is 0.102. The lowest BCUT2D eigenvalue weighted by atomic mass is 9.94. The van der Waals surface area contributed by atoms with Gasteiger partial charge in [-0.2, -0.15) is 32.2 Å². The molecular weight excluding hydrogens is 649 g/mol. The Kier molecular flexibility index (Phi) is 8.86. The molecule has 6 N–H and O–H groups in total. The molecule has 1 amide bonds. The number of azo groups is 1. The van der Waals surface area contributed by atoms with Crippen LogP contribution in [-0.2, 0) is 20.2 Å². The van der Waals surface area contributed by atoms with E-state index in [9.17, 15) is 35.5 Å². The van der Waals surface area contributed by atoms with Crippen LogP contribution in [-0.4, -0.2) is 43.3 Å². The molecule has 0 heterocycles. The number of anilines is 3. The highest BCUT2D eigenvalue weighted by Crippen LogP contribution is 2.31. The highest BCUT2D eigenvalue weighted by atomic mass is 32.2. The van der Waals surface area contributed by atoms with Crippen LogP contribution in [0.15, 0.2) is 104 Å². The number of fused-ring (bicyclic) bond motifs is 1. The summed E-state index contributed by atoms with van der Waals surface area (Å²) in [5, 5.41) is 15.2. The van der Waals surface area contributed by atoms with Crippen molar-refractivity contribution < 1.29 is 35.5 Å². The smallest absolute Gasteiger partial charge is 0.296 e. The minimum atomic E-state index is -4.93. The van der Waals surface area contributed by atoms with Gasteiger partial charge in [-0.25, -0.2) is 0 Å². The number of nitrogens with one attached hydrogen (secondary N) is 2. The molecule has 0 saturated heterocycles. The fourth-order valence-corrected chi connectivity index (χ4v) is 5.75. The zero-order valence-electron chi connectivity index (χ0n) is 24.7. The standard InChI is InChI=1S/C31H26N6O8S2/c1-17-13-22(33-31(39)19-3-5-21(32)6-4-19)8-11-26(17)35-34-23-7-10-25-20(15-23)16-28(47(43,44)45)29(30(25)38)37-36-27-12-9-24(14-18(27)2)46(40,41)42/h3-16,36H,32H2,1-2H3,(H,33,39)(H,40,41,42)(H,43,44,45)/b35-34?,37-29+. The van der Waals surface area contributed by atoms with E-state index < -0.39 is 36.6 Å². The van der Waals surface area contributed by atoms with Crippen molar-refractivity contribution in [3.05, 3.63) is 112 Å². The zero-order chi connectivity index (χ0) is 34.1. The van der Waals surface area contributed by atoms with Crippen molar-refractivity contribution in [3.63, 3.8) is 0 Å². The largest absolute Gasteiger partial charge is 0.399 e. The Morgan fingerprint density at radius 2 is 1.53 bits per heavy atom. The SMILES string of the molecule is Cc1cc(NC(=O)c2ccc(N)cc2)ccc1N=Nc1ccc2c(c1)C=C(S(=O)(=O)O)/C(=N\Nc1ccc(S(=O)(=O)O)cc1C)C2=O. The first-order valence-corrected chi connectivity index (χ1v) is 16.5. The van der Waals surface area contributed by atoms with Crippen LogP contribution in [0.1, 0.15) is 37.4 Å². The van der Waals surface area contributed by atoms with Crippen LogP contribution in [0.3, 0.4) is 0 Å². The number of allylic oxidation sites excluding steroid dienone is 1. The van der Waals surface area contributed by atoms with Gasteiger partial charge in [0.05, 0.1) is 22.0 Å². The molecule has 0 spiro atoms. The van der Waals surface area contributed by atoms with Gasteiger partial charge in [-0.05, 0) is 115 Å². The van der Waals surface area contributed by atoms with Crippen LogP contribution in [0, 0.1) is 13.8 Å². The number of nitrogens with zero attached hydrogens (tertiary/aromatic N) is 3. The lowest BCUT2D eigenvalue weighted by Crippen LogP contribution is -2.27. The van der Waals surface area contributed by atoms with Crippen LogP contribution in [0.4, 0.5) is 28.4 Å². The minimum absolute atomic E-state index is 0.0766. The Bertz CT molecular complexity index is 2260. The van der Waals surface area contributed by atoms with Gasteiger partial charge in [0.2, 0.25) is 5.78 Å². The maximum atomic E-state index is 13.3. The Morgan fingerprint density at radius 1 is 0.809 bits per heavy atom. The highest BCUT2D eigenvalue weighted by molar-refractivity contribution is 7.91. The van der Waals surface area contributed by atoms with Crippen molar-refractivity contribution in [1.82, 2.24) is 0 Å². The molecule has 0 unspecified atom stereocenters. The second kappa shape index (κ2) is 12.7. The molecule has 0 saturated carbocycles. The summed E-state index contributed by atoms with van der Waals surface area (Å²) in [4.78, 5) is 24.7. The number of hydrogen-bond donors (Lipinski definition) is 5. The highest BCUT2D eigenvalue weighted by Gasteiger charge is 2.33. The van der Waals surface area contributed by atoms with Crippen LogP contribution < -0.4 is 16.5 Å². The molecule has 4 aromatic rings. The maximum Gasteiger partial charge on any atom is 0.296 e. The first-order valence-electron chi connectivity index (χ1n) is 13.6. The number of nitrogens with two attached hydrogens (primary N) is 1. The molecule has 4 aromatic carbocycles. The summed E-state index contributed by atoms with van der Waals surface area (Å²) in [7, 11) is -9.39. The molecule has 14 nitrogen and oxygen atoms in total. The van der Waals surface area contributed by atoms with Crippen molar-refractivity contribution in [3.8, 4) is 0 Å². The second-order valence-electron chi connectivity index (χ2n) is 10.4. The Balaban J connectivity index is 1.37. The molecule has 0 fully saturated rings. The van der Waals surface area contributed by atoms with E-state index in [4.69, 9.17) is 5.73 Å². The topological polar surface area (TPSA) is 230 Å². The number of amides is 1. The molecule has 0 radical (unpaired) electrons. The first kappa shape index (κ1) is 32.8. The van der Waals surface area contributed by atoms with Crippen molar-refractivity contribution in [2.75, 3.05) is 16.5 Å². The Labute approximate surface area is 269 Å². The monoisotopic (exact) mass is 674 g/mol. The van der Waals surface area contributed by atoms with Gasteiger partial charge in [-0.1, -0.05) is 0 Å². The summed E-state index contributed by atoms with van der Waals surface area (Å²) in [6.45, 7) is 3.28. The molecule has 5 rings (SSSR count). The number of Topliss-reactive ketones (excluding diaryl/α,β-unsaturated/α-hetero) is 1. The van der Waals surface area contributed by atoms with E-state index in [2.05, 4.69) is 26.1 Å². The van der Waals surface area contributed by atoms with Gasteiger partial charge in [-0.15, -0.1) is 0 Å². The second-order valence-corrected chi connectivity index (χ2v) is 13.2. The molecule has 16 heteroatoms. The van der Waals surface area contributed by atoms with Crippen molar-refractivity contribution in [1.29, 1.82) is 0 Å². The van der Waals surface area contributed by atoms with Crippen molar-refractivity contribution in [2.45, 2.75) is 18.7 Å². The summed E-state index contributed by atoms with van der Waals surface area (Å²) in [5.41, 5.74) is 11.3. The van der Waals surface area contributed by atoms with E-state index >= 15 is 0 Å². The van der Waals surface area contributed by atoms with Gasteiger partial charge in [0.1, 0.15) is 4.91 Å². The minimum Gasteiger partial charge on any atom is -0.399 e. The van der Waals surface area contributed by atoms with Gasteiger partial charge in [0.15, 0.2) is 5.71 Å². The van der Waals surface area contributed by atoms with Crippen molar-refractivity contribution >= 4 is 72.2 Å². The van der Waals surface area contributed by atoms with Gasteiger partial charge in [0.25, 0.3) is 26.1 Å². The van der Waals surface area contributed by atoms with E-state index in [-0.39, 0.29) is 33.3 Å². The molecule has 0 atom stereocenters. The van der Waals surface area contributed by atoms with E-state index in [1.165, 1.54) is 31.2 Å². The predicted molar refractivity (Wildman–Crippen MR) is 177 cm³/mol. The number of hydrazone groups is 1. The molecule has 1 aliphatic carbocycles. The predicted octanol–water partition coefficient (Wildman–Crippen LogP) is 5.69. The Morgan fingerprint density at radius 3 is 2.17 bits per heavy atom. The molecular formula is C31H26N6O8S2. The van der Waals surface area contributed by atoms with Gasteiger partial charge in [0, 0.05) is 22.5 Å². The van der Waals surface area contributed by atoms with E-state index in [1.54, 1.807) is 49.4 Å². The van der Waals surface area contributed by atoms with E-state index in [1.807, 2.05) is 0 Å². The number of carbonyl (C=O) groups is 2. The Hall–Kier alpha value is -5.55. The number of hydrogen-bond acceptors (Lipinski definition) is 11. The summed E-state index contributed by atoms with van der Waals surface area (Å²) in [5.74, 6) is -1.13. The third-order valence-electron chi connectivity index (χ3n) is 6.98. The first-order chi connectivity index (χ1) is 22.1. The fourth-order valence-electron chi connectivity index (χ4n) is 4.52. The van der Waals surface area contributed by atoms with Crippen LogP contribution in [0.5, 0.6) is 0 Å². The average Bonchev–Trinajstić information content (AvgIpc) is 3.00. The summed E-state index contributed by atoms with van der Waals surface area (Å²) in [6, 6.07) is 19.4. The number of nitrogen functional groups attached to an aromatic ring is 1. The number of ketones is 1. The maximum absolute atomic E-state index is 13.3. The zero-order valence-corrected chi connectivity index (χ0v) is 26.3. The van der Waals surface area contributed by atoms with E-state index in [0.717, 1.165) is 18.2 Å². The van der Waals surface area contributed by atoms with Gasteiger partial charge >= 0.3 is 0 Å². The number of rotatable bonds is 8. The normalized spacial score (nSPS) is 14.2. The number of carbonyl (C=O) groups excluding carboxylic acids is 2. The van der Waals surface area contributed by atoms with E-state index in [0.29, 0.717) is 33.8 Å². The molecule has 47 heavy (non-hydrogen) atoms. The van der Waals surface area contributed by atoms with Gasteiger partial charge < -0.3 is 11.1 Å². The third-order valence-corrected chi connectivity index (χ3v) is 8.69. The summed E-state index contributed by atoms with van der Waals surface area (Å²) < 4.78 is 66.5. The lowest BCUT2D eigenvalue weighted by Gasteiger charge is -2.17. The van der Waals surface area contributed by atoms with Gasteiger partial charge in [-0.3, -0.25) is 24.1 Å². The summed E-state index contributed by atoms with van der Waals surface area (Å²) >= 11 is 0. The molecule has 0 aliphatic heterocycles. The molecule has 0 bridgehead atoms. The average molecular weight is 675 g/mol. The summed E-state index contributed by atoms with van der Waals surface area (Å²) in [6.07, 6.45) is 1.07. The van der Waals surface area contributed by atoms with Crippen molar-refractivity contribution in [2.24, 2.45) is 15.3 Å². The van der Waals surface area contributed by atoms with Crippen LogP contribution >= 0.6 is 0 Å². The molecule has 240 valence electrons.